The highest BCUT2D eigenvalue weighted by atomic mass is 35.5. The van der Waals surface area contributed by atoms with Crippen LogP contribution in [0.4, 0.5) is 5.69 Å². The van der Waals surface area contributed by atoms with Crippen molar-refractivity contribution in [2.45, 2.75) is 50.2 Å². The number of rotatable bonds is 15. The number of anilines is 1. The van der Waals surface area contributed by atoms with Gasteiger partial charge in [0.05, 0.1) is 24.8 Å². The van der Waals surface area contributed by atoms with E-state index < -0.39 is 28.5 Å². The van der Waals surface area contributed by atoms with Crippen molar-refractivity contribution in [3.05, 3.63) is 119 Å². The number of nitrogens with zero attached hydrogens (tertiary/aromatic N) is 2. The molecule has 2 atom stereocenters. The zero-order valence-electron chi connectivity index (χ0n) is 26.9. The maximum atomic E-state index is 14.6. The third-order valence-electron chi connectivity index (χ3n) is 7.78. The lowest BCUT2D eigenvalue weighted by Gasteiger charge is -2.34. The lowest BCUT2D eigenvalue weighted by molar-refractivity contribution is -0.140. The summed E-state index contributed by atoms with van der Waals surface area (Å²) in [7, 11) is -1.25. The van der Waals surface area contributed by atoms with Crippen molar-refractivity contribution >= 4 is 39.1 Å². The lowest BCUT2D eigenvalue weighted by atomic mass is 10.0. The van der Waals surface area contributed by atoms with Crippen LogP contribution in [0.1, 0.15) is 31.4 Å². The summed E-state index contributed by atoms with van der Waals surface area (Å²) in [4.78, 5) is 30.0. The molecule has 0 unspecified atom stereocenters. The molecule has 0 bridgehead atoms. The number of methoxy groups -OCH3 is 2. The van der Waals surface area contributed by atoms with Crippen molar-refractivity contribution in [2.24, 2.45) is 0 Å². The van der Waals surface area contributed by atoms with Gasteiger partial charge in [-0.25, -0.2) is 8.42 Å². The Balaban J connectivity index is 1.82. The maximum absolute atomic E-state index is 14.6. The number of ether oxygens (including phenoxy) is 2. The number of carbonyl (C=O) groups excluding carboxylic acids is 2. The van der Waals surface area contributed by atoms with Crippen molar-refractivity contribution in [3.63, 3.8) is 0 Å². The van der Waals surface area contributed by atoms with Gasteiger partial charge >= 0.3 is 0 Å². The largest absolute Gasteiger partial charge is 0.497 e. The van der Waals surface area contributed by atoms with Crippen LogP contribution in [0.2, 0.25) is 5.02 Å². The fraction of sp³-hybridized carbons (Fsp3) is 0.278. The molecule has 4 aromatic rings. The zero-order chi connectivity index (χ0) is 34.0. The molecule has 0 aliphatic carbocycles. The van der Waals surface area contributed by atoms with Crippen LogP contribution in [0.25, 0.3) is 0 Å². The Morgan fingerprint density at radius 2 is 1.49 bits per heavy atom. The summed E-state index contributed by atoms with van der Waals surface area (Å²) in [5.41, 5.74) is 1.75. The molecule has 0 heterocycles. The standard InChI is InChI=1S/C36H40ClN3O6S/c1-5-26(2)38-36(42)34(22-27-11-7-6-8-12-27)39(24-28-13-9-16-32(21-28)46-4)35(41)25-40(30-15-10-14-29(37)23-30)47(43,44)33-19-17-31(45-3)18-20-33/h6-21,23,26,34H,5,22,24-25H2,1-4H3,(H,38,42)/t26-,34+/m0/s1. The highest BCUT2D eigenvalue weighted by Gasteiger charge is 2.35. The molecular formula is C36H40ClN3O6S. The Morgan fingerprint density at radius 3 is 2.13 bits per heavy atom. The minimum atomic E-state index is -4.28. The van der Waals surface area contributed by atoms with E-state index >= 15 is 0 Å². The van der Waals surface area contributed by atoms with Crippen molar-refractivity contribution in [2.75, 3.05) is 25.1 Å². The Labute approximate surface area is 282 Å². The minimum Gasteiger partial charge on any atom is -0.497 e. The Kier molecular flexibility index (Phi) is 12.3. The Hall–Kier alpha value is -4.54. The van der Waals surface area contributed by atoms with Crippen LogP contribution in [0.5, 0.6) is 11.5 Å². The van der Waals surface area contributed by atoms with Gasteiger partial charge in [0, 0.05) is 24.0 Å². The van der Waals surface area contributed by atoms with Gasteiger partial charge in [0.2, 0.25) is 11.8 Å². The lowest BCUT2D eigenvalue weighted by Crippen LogP contribution is -2.54. The van der Waals surface area contributed by atoms with Crippen LogP contribution < -0.4 is 19.1 Å². The van der Waals surface area contributed by atoms with Gasteiger partial charge < -0.3 is 19.7 Å². The highest BCUT2D eigenvalue weighted by Crippen LogP contribution is 2.28. The number of carbonyl (C=O) groups is 2. The van der Waals surface area contributed by atoms with E-state index in [1.165, 1.54) is 42.3 Å². The number of hydrogen-bond acceptors (Lipinski definition) is 6. The van der Waals surface area contributed by atoms with E-state index in [4.69, 9.17) is 21.1 Å². The van der Waals surface area contributed by atoms with Crippen LogP contribution >= 0.6 is 11.6 Å². The highest BCUT2D eigenvalue weighted by molar-refractivity contribution is 7.92. The molecule has 0 aliphatic rings. The van der Waals surface area contributed by atoms with Gasteiger partial charge in [-0.3, -0.25) is 13.9 Å². The second-order valence-corrected chi connectivity index (χ2v) is 13.4. The van der Waals surface area contributed by atoms with Gasteiger partial charge in [0.1, 0.15) is 24.1 Å². The molecule has 0 aliphatic heterocycles. The van der Waals surface area contributed by atoms with Crippen LogP contribution in [-0.2, 0) is 32.6 Å². The van der Waals surface area contributed by atoms with Gasteiger partial charge in [-0.05, 0) is 79.1 Å². The van der Waals surface area contributed by atoms with E-state index in [9.17, 15) is 18.0 Å². The Morgan fingerprint density at radius 1 is 0.830 bits per heavy atom. The number of halogens is 1. The van der Waals surface area contributed by atoms with Crippen molar-refractivity contribution in [1.82, 2.24) is 10.2 Å². The monoisotopic (exact) mass is 677 g/mol. The first kappa shape index (κ1) is 35.3. The van der Waals surface area contributed by atoms with E-state index in [-0.39, 0.29) is 35.5 Å². The molecule has 248 valence electrons. The summed E-state index contributed by atoms with van der Waals surface area (Å²) in [5.74, 6) is 0.146. The molecule has 0 aromatic heterocycles. The smallest absolute Gasteiger partial charge is 0.264 e. The van der Waals surface area contributed by atoms with Crippen LogP contribution in [-0.4, -0.2) is 58.0 Å². The molecule has 0 spiro atoms. The second kappa shape index (κ2) is 16.3. The molecule has 0 fully saturated rings. The van der Waals surface area contributed by atoms with Crippen LogP contribution in [0, 0.1) is 0 Å². The molecule has 9 nitrogen and oxygen atoms in total. The molecule has 4 rings (SSSR count). The number of hydrogen-bond donors (Lipinski definition) is 1. The molecule has 0 radical (unpaired) electrons. The molecule has 47 heavy (non-hydrogen) atoms. The van der Waals surface area contributed by atoms with Crippen molar-refractivity contribution in [1.29, 1.82) is 0 Å². The van der Waals surface area contributed by atoms with Gasteiger partial charge in [-0.2, -0.15) is 0 Å². The third kappa shape index (κ3) is 9.27. The van der Waals surface area contributed by atoms with Gasteiger partial charge in [-0.1, -0.05) is 67.1 Å². The summed E-state index contributed by atoms with van der Waals surface area (Å²) in [6.07, 6.45) is 0.900. The quantitative estimate of drug-likeness (QED) is 0.163. The summed E-state index contributed by atoms with van der Waals surface area (Å²) in [6, 6.07) is 27.7. The minimum absolute atomic E-state index is 0.0213. The molecule has 0 saturated carbocycles. The van der Waals surface area contributed by atoms with E-state index in [0.29, 0.717) is 28.5 Å². The van der Waals surface area contributed by atoms with Crippen molar-refractivity contribution in [3.8, 4) is 11.5 Å². The first-order valence-electron chi connectivity index (χ1n) is 15.2. The van der Waals surface area contributed by atoms with Crippen LogP contribution in [0.3, 0.4) is 0 Å². The predicted molar refractivity (Wildman–Crippen MR) is 184 cm³/mol. The topological polar surface area (TPSA) is 105 Å². The summed E-state index contributed by atoms with van der Waals surface area (Å²) < 4.78 is 40.0. The maximum Gasteiger partial charge on any atom is 0.264 e. The number of amides is 2. The molecule has 11 heteroatoms. The molecular weight excluding hydrogens is 638 g/mol. The fourth-order valence-electron chi connectivity index (χ4n) is 5.00. The molecule has 0 saturated heterocycles. The first-order chi connectivity index (χ1) is 22.5. The average Bonchev–Trinajstić information content (AvgIpc) is 3.08. The van der Waals surface area contributed by atoms with Gasteiger partial charge in [-0.15, -0.1) is 0 Å². The zero-order valence-corrected chi connectivity index (χ0v) is 28.5. The summed E-state index contributed by atoms with van der Waals surface area (Å²) >= 11 is 6.31. The van der Waals surface area contributed by atoms with E-state index in [0.717, 1.165) is 9.87 Å². The second-order valence-electron chi connectivity index (χ2n) is 11.1. The molecule has 1 N–H and O–H groups in total. The number of nitrogens with one attached hydrogen (secondary N) is 1. The van der Waals surface area contributed by atoms with Gasteiger partial charge in [0.15, 0.2) is 0 Å². The molecule has 2 amide bonds. The normalized spacial score (nSPS) is 12.4. The Bertz CT molecular complexity index is 1750. The number of benzene rings is 4. The van der Waals surface area contributed by atoms with Gasteiger partial charge in [0.25, 0.3) is 10.0 Å². The van der Waals surface area contributed by atoms with E-state index in [2.05, 4.69) is 5.32 Å². The van der Waals surface area contributed by atoms with E-state index in [1.54, 1.807) is 43.5 Å². The fourth-order valence-corrected chi connectivity index (χ4v) is 6.59. The average molecular weight is 678 g/mol. The first-order valence-corrected chi connectivity index (χ1v) is 17.1. The molecule has 4 aromatic carbocycles. The van der Waals surface area contributed by atoms with E-state index in [1.807, 2.05) is 50.2 Å². The third-order valence-corrected chi connectivity index (χ3v) is 9.80. The summed E-state index contributed by atoms with van der Waals surface area (Å²) in [5, 5.41) is 3.33. The van der Waals surface area contributed by atoms with Crippen LogP contribution in [0.15, 0.2) is 108 Å². The van der Waals surface area contributed by atoms with Crippen molar-refractivity contribution < 1.29 is 27.5 Å². The predicted octanol–water partition coefficient (Wildman–Crippen LogP) is 6.11. The summed E-state index contributed by atoms with van der Waals surface area (Å²) in [6.45, 7) is 3.28. The SMILES string of the molecule is CC[C@H](C)NC(=O)[C@@H](Cc1ccccc1)N(Cc1cccc(OC)c1)C(=O)CN(c1cccc(Cl)c1)S(=O)(=O)c1ccc(OC)cc1. The number of sulfonamides is 1.